The summed E-state index contributed by atoms with van der Waals surface area (Å²) in [5.74, 6) is -0.655. The fraction of sp³-hybridized carbons (Fsp3) is 0.417. The SMILES string of the molecule is CN(C)C1CCN(C(=O)c2ccc(NC(=O)Nc3ccc(-c4nc(N5CCOCC5)nc(N5CCOCC5)n4)cc3)cc2)CC1.O=C(O)/C=C\C(=O)O. The van der Waals surface area contributed by atoms with Gasteiger partial charge in [0.25, 0.3) is 5.91 Å². The highest BCUT2D eigenvalue weighted by Gasteiger charge is 2.25. The van der Waals surface area contributed by atoms with Crippen LogP contribution in [0.4, 0.5) is 28.1 Å². The van der Waals surface area contributed by atoms with E-state index in [4.69, 9.17) is 34.6 Å². The fourth-order valence-electron chi connectivity index (χ4n) is 5.90. The summed E-state index contributed by atoms with van der Waals surface area (Å²) in [6.07, 6.45) is 3.06. The van der Waals surface area contributed by atoms with Crippen molar-refractivity contribution in [2.75, 3.05) is 100 Å². The van der Waals surface area contributed by atoms with Crippen molar-refractivity contribution in [3.8, 4) is 11.4 Å². The average molecular weight is 732 g/mol. The number of nitrogens with zero attached hydrogens (tertiary/aromatic N) is 7. The number of hydrogen-bond donors (Lipinski definition) is 4. The second-order valence-corrected chi connectivity index (χ2v) is 12.7. The number of carboxylic acids is 2. The lowest BCUT2D eigenvalue weighted by Crippen LogP contribution is -2.44. The molecule has 2 aromatic carbocycles. The van der Waals surface area contributed by atoms with Crippen LogP contribution in [0.2, 0.25) is 0 Å². The molecule has 0 atom stereocenters. The van der Waals surface area contributed by atoms with Crippen molar-refractivity contribution in [1.82, 2.24) is 24.8 Å². The number of benzene rings is 2. The summed E-state index contributed by atoms with van der Waals surface area (Å²) in [6, 6.07) is 14.6. The first-order valence-corrected chi connectivity index (χ1v) is 17.4. The predicted molar refractivity (Wildman–Crippen MR) is 197 cm³/mol. The molecule has 3 saturated heterocycles. The highest BCUT2D eigenvalue weighted by atomic mass is 16.5. The standard InChI is InChI=1S/C32H41N9O4.C4H4O4/c1-38(2)27-11-13-39(14-12-27)29(42)24-5-9-26(10-6-24)34-32(43)33-25-7-3-23(4-8-25)28-35-30(40-15-19-44-20-16-40)37-31(36-28)41-17-21-45-22-18-41;5-3(6)1-2-4(7)8/h3-10,27H,11-22H2,1-2H3,(H2,33,34,43);1-2H,(H,5,6)(H,7,8)/b;2-1-. The second kappa shape index (κ2) is 18.7. The molecule has 0 spiro atoms. The molecule has 282 valence electrons. The monoisotopic (exact) mass is 731 g/mol. The number of aliphatic carboxylic acids is 2. The first kappa shape index (κ1) is 38.6. The maximum absolute atomic E-state index is 13.0. The van der Waals surface area contributed by atoms with Crippen molar-refractivity contribution in [2.45, 2.75) is 18.9 Å². The lowest BCUT2D eigenvalue weighted by molar-refractivity contribution is -0.134. The predicted octanol–water partition coefficient (Wildman–Crippen LogP) is 2.73. The van der Waals surface area contributed by atoms with Crippen LogP contribution in [0.3, 0.4) is 0 Å². The van der Waals surface area contributed by atoms with Crippen LogP contribution in [0.1, 0.15) is 23.2 Å². The van der Waals surface area contributed by atoms with Crippen LogP contribution in [0, 0.1) is 0 Å². The van der Waals surface area contributed by atoms with E-state index in [1.807, 2.05) is 29.2 Å². The highest BCUT2D eigenvalue weighted by Crippen LogP contribution is 2.24. The van der Waals surface area contributed by atoms with E-state index in [0.717, 1.165) is 57.7 Å². The summed E-state index contributed by atoms with van der Waals surface area (Å²) in [4.78, 5) is 67.6. The van der Waals surface area contributed by atoms with Gasteiger partial charge in [0, 0.05) is 80.0 Å². The van der Waals surface area contributed by atoms with Crippen LogP contribution in [-0.2, 0) is 19.1 Å². The van der Waals surface area contributed by atoms with Crippen molar-refractivity contribution in [2.24, 2.45) is 0 Å². The number of piperidine rings is 1. The number of nitrogens with one attached hydrogen (secondary N) is 2. The highest BCUT2D eigenvalue weighted by molar-refractivity contribution is 6.00. The van der Waals surface area contributed by atoms with Crippen molar-refractivity contribution in [3.63, 3.8) is 0 Å². The van der Waals surface area contributed by atoms with E-state index in [2.05, 4.69) is 39.4 Å². The molecule has 17 heteroatoms. The van der Waals surface area contributed by atoms with E-state index in [1.165, 1.54) is 0 Å². The van der Waals surface area contributed by atoms with Gasteiger partial charge in [-0.3, -0.25) is 4.79 Å². The minimum atomic E-state index is -1.26. The molecular formula is C36H45N9O8. The summed E-state index contributed by atoms with van der Waals surface area (Å²) >= 11 is 0. The lowest BCUT2D eigenvalue weighted by atomic mass is 10.0. The summed E-state index contributed by atoms with van der Waals surface area (Å²) < 4.78 is 11.0. The van der Waals surface area contributed by atoms with Crippen LogP contribution in [0.15, 0.2) is 60.7 Å². The van der Waals surface area contributed by atoms with E-state index in [0.29, 0.717) is 79.3 Å². The fourth-order valence-corrected chi connectivity index (χ4v) is 5.90. The zero-order chi connectivity index (χ0) is 37.7. The number of anilines is 4. The van der Waals surface area contributed by atoms with Gasteiger partial charge in [-0.25, -0.2) is 14.4 Å². The molecule has 6 rings (SSSR count). The molecule has 17 nitrogen and oxygen atoms in total. The molecule has 53 heavy (non-hydrogen) atoms. The molecule has 4 N–H and O–H groups in total. The third kappa shape index (κ3) is 11.4. The van der Waals surface area contributed by atoms with E-state index in [9.17, 15) is 19.2 Å². The van der Waals surface area contributed by atoms with Gasteiger partial charge >= 0.3 is 18.0 Å². The normalized spacial score (nSPS) is 16.5. The maximum atomic E-state index is 13.0. The van der Waals surface area contributed by atoms with Crippen molar-refractivity contribution in [3.05, 3.63) is 66.2 Å². The Morgan fingerprint density at radius 1 is 0.698 bits per heavy atom. The molecule has 3 fully saturated rings. The Balaban J connectivity index is 0.000000609. The molecule has 3 aliphatic heterocycles. The molecular weight excluding hydrogens is 686 g/mol. The summed E-state index contributed by atoms with van der Waals surface area (Å²) in [5, 5.41) is 21.3. The summed E-state index contributed by atoms with van der Waals surface area (Å²) in [5.41, 5.74) is 2.66. The van der Waals surface area contributed by atoms with Gasteiger partial charge in [-0.05, 0) is 75.5 Å². The summed E-state index contributed by atoms with van der Waals surface area (Å²) in [6.45, 7) is 6.92. The number of carbonyl (C=O) groups excluding carboxylic acids is 2. The number of rotatable bonds is 9. The van der Waals surface area contributed by atoms with Crippen molar-refractivity contribution in [1.29, 1.82) is 0 Å². The van der Waals surface area contributed by atoms with Crippen LogP contribution in [-0.4, -0.2) is 145 Å². The number of amides is 3. The number of hydrogen-bond acceptors (Lipinski definition) is 12. The minimum absolute atomic E-state index is 0.0237. The third-order valence-corrected chi connectivity index (χ3v) is 8.84. The second-order valence-electron chi connectivity index (χ2n) is 12.7. The van der Waals surface area contributed by atoms with Gasteiger partial charge in [0.2, 0.25) is 11.9 Å². The topological polar surface area (TPSA) is 203 Å². The molecule has 0 unspecified atom stereocenters. The Hall–Kier alpha value is -5.65. The molecule has 0 aliphatic carbocycles. The van der Waals surface area contributed by atoms with Crippen LogP contribution >= 0.6 is 0 Å². The number of carbonyl (C=O) groups is 4. The van der Waals surface area contributed by atoms with Gasteiger partial charge in [-0.2, -0.15) is 15.0 Å². The molecule has 0 bridgehead atoms. The average Bonchev–Trinajstić information content (AvgIpc) is 3.18. The Bertz CT molecular complexity index is 1680. The molecule has 4 heterocycles. The quantitative estimate of drug-likeness (QED) is 0.234. The first-order chi connectivity index (χ1) is 25.5. The van der Waals surface area contributed by atoms with Crippen molar-refractivity contribution < 1.29 is 38.9 Å². The smallest absolute Gasteiger partial charge is 0.328 e. The molecule has 3 amide bonds. The Morgan fingerprint density at radius 3 is 1.58 bits per heavy atom. The van der Waals surface area contributed by atoms with E-state index < -0.39 is 11.9 Å². The number of morpholine rings is 2. The number of ether oxygens (including phenoxy) is 2. The number of aromatic nitrogens is 3. The molecule has 0 saturated carbocycles. The lowest BCUT2D eigenvalue weighted by Gasteiger charge is -2.35. The van der Waals surface area contributed by atoms with Gasteiger partial charge in [0.1, 0.15) is 0 Å². The maximum Gasteiger partial charge on any atom is 0.328 e. The van der Waals surface area contributed by atoms with Gasteiger partial charge in [-0.15, -0.1) is 0 Å². The Morgan fingerprint density at radius 2 is 1.15 bits per heavy atom. The van der Waals surface area contributed by atoms with Gasteiger partial charge < -0.3 is 49.9 Å². The van der Waals surface area contributed by atoms with Crippen LogP contribution in [0.5, 0.6) is 0 Å². The number of likely N-dealkylation sites (tertiary alicyclic amines) is 1. The number of urea groups is 1. The van der Waals surface area contributed by atoms with Crippen molar-refractivity contribution >= 4 is 47.1 Å². The third-order valence-electron chi connectivity index (χ3n) is 8.84. The summed E-state index contributed by atoms with van der Waals surface area (Å²) in [7, 11) is 4.17. The van der Waals surface area contributed by atoms with Gasteiger partial charge in [-0.1, -0.05) is 0 Å². The van der Waals surface area contributed by atoms with Gasteiger partial charge in [0.15, 0.2) is 5.82 Å². The van der Waals surface area contributed by atoms with Crippen LogP contribution in [0.25, 0.3) is 11.4 Å². The minimum Gasteiger partial charge on any atom is -0.478 e. The largest absolute Gasteiger partial charge is 0.478 e. The van der Waals surface area contributed by atoms with E-state index >= 15 is 0 Å². The molecule has 0 radical (unpaired) electrons. The van der Waals surface area contributed by atoms with Gasteiger partial charge in [0.05, 0.1) is 26.4 Å². The van der Waals surface area contributed by atoms with E-state index in [1.54, 1.807) is 24.3 Å². The molecule has 3 aromatic rings. The zero-order valence-electron chi connectivity index (χ0n) is 29.8. The van der Waals surface area contributed by atoms with Crippen LogP contribution < -0.4 is 20.4 Å². The molecule has 3 aliphatic rings. The number of carboxylic acid groups (broad SMARTS) is 2. The Kier molecular flexibility index (Phi) is 13.6. The zero-order valence-corrected chi connectivity index (χ0v) is 29.8. The first-order valence-electron chi connectivity index (χ1n) is 17.4. The van der Waals surface area contributed by atoms with E-state index in [-0.39, 0.29) is 11.9 Å². The Labute approximate surface area is 307 Å². The molecule has 1 aromatic heterocycles.